The van der Waals surface area contributed by atoms with E-state index in [1.54, 1.807) is 11.0 Å². The lowest BCUT2D eigenvalue weighted by atomic mass is 9.89. The molecule has 10 heteroatoms. The van der Waals surface area contributed by atoms with E-state index < -0.39 is 12.0 Å². The highest BCUT2D eigenvalue weighted by Gasteiger charge is 2.40. The number of carbonyl (C=O) groups is 3. The number of aliphatic carboxylic acids is 1. The highest BCUT2D eigenvalue weighted by molar-refractivity contribution is 7.12. The SMILES string of the molecule is N=C(N)c1cc(CNC(=O)[C@@H]2CC(c3ccccc3Cc3ccccc3)CN2C(=O)CNCC(=O)O)cs1. The average molecular weight is 534 g/mol. The fourth-order valence-corrected chi connectivity index (χ4v) is 5.57. The molecule has 1 aliphatic rings. The Hall–Kier alpha value is -4.02. The number of likely N-dealkylation sites (tertiary alicyclic amines) is 1. The zero-order chi connectivity index (χ0) is 27.1. The van der Waals surface area contributed by atoms with Gasteiger partial charge in [-0.3, -0.25) is 25.1 Å². The van der Waals surface area contributed by atoms with Crippen molar-refractivity contribution in [1.29, 1.82) is 5.41 Å². The molecule has 0 saturated carbocycles. The Labute approximate surface area is 225 Å². The highest BCUT2D eigenvalue weighted by Crippen LogP contribution is 2.34. The number of benzene rings is 2. The number of amides is 2. The van der Waals surface area contributed by atoms with Crippen molar-refractivity contribution in [1.82, 2.24) is 15.5 Å². The number of amidine groups is 1. The van der Waals surface area contributed by atoms with Crippen molar-refractivity contribution in [3.63, 3.8) is 0 Å². The van der Waals surface area contributed by atoms with Crippen molar-refractivity contribution in [2.45, 2.75) is 31.3 Å². The van der Waals surface area contributed by atoms with E-state index in [4.69, 9.17) is 16.2 Å². The summed E-state index contributed by atoms with van der Waals surface area (Å²) in [6.45, 7) is 0.120. The lowest BCUT2D eigenvalue weighted by Gasteiger charge is -2.24. The van der Waals surface area contributed by atoms with E-state index in [9.17, 15) is 14.4 Å². The summed E-state index contributed by atoms with van der Waals surface area (Å²) in [6, 6.07) is 19.3. The van der Waals surface area contributed by atoms with Gasteiger partial charge in [0, 0.05) is 19.0 Å². The topological polar surface area (TPSA) is 149 Å². The van der Waals surface area contributed by atoms with Gasteiger partial charge in [-0.1, -0.05) is 54.6 Å². The van der Waals surface area contributed by atoms with E-state index in [2.05, 4.69) is 34.9 Å². The Balaban J connectivity index is 1.51. The van der Waals surface area contributed by atoms with E-state index in [0.29, 0.717) is 17.8 Å². The molecule has 2 aromatic carbocycles. The first-order chi connectivity index (χ1) is 18.3. The standard InChI is InChI=1S/C28H31N5O4S/c29-27(30)24-11-19(17-38-24)13-32-28(37)23-12-21(16-33(23)25(34)14-31-15-26(35)36)22-9-5-4-8-20(22)10-18-6-2-1-3-7-18/h1-9,11,17,21,23,31H,10,12-16H2,(H3,29,30)(H,32,37)(H,35,36)/t21?,23-/m0/s1. The molecule has 4 rings (SSSR count). The fraction of sp³-hybridized carbons (Fsp3) is 0.286. The van der Waals surface area contributed by atoms with Crippen LogP contribution in [-0.2, 0) is 27.3 Å². The van der Waals surface area contributed by atoms with Crippen LogP contribution >= 0.6 is 11.3 Å². The van der Waals surface area contributed by atoms with Crippen molar-refractivity contribution >= 4 is 35.0 Å². The van der Waals surface area contributed by atoms with Gasteiger partial charge >= 0.3 is 5.97 Å². The normalized spacial score (nSPS) is 16.8. The van der Waals surface area contributed by atoms with Crippen LogP contribution in [0.5, 0.6) is 0 Å². The third kappa shape index (κ3) is 6.84. The zero-order valence-electron chi connectivity index (χ0n) is 20.9. The van der Waals surface area contributed by atoms with Crippen LogP contribution in [-0.4, -0.2) is 59.3 Å². The van der Waals surface area contributed by atoms with Gasteiger partial charge < -0.3 is 21.1 Å². The summed E-state index contributed by atoms with van der Waals surface area (Å²) in [5.41, 5.74) is 9.81. The maximum atomic E-state index is 13.3. The quantitative estimate of drug-likeness (QED) is 0.189. The maximum Gasteiger partial charge on any atom is 0.317 e. The number of rotatable bonds is 11. The number of hydrogen-bond donors (Lipinski definition) is 5. The predicted molar refractivity (Wildman–Crippen MR) is 146 cm³/mol. The molecule has 1 fully saturated rings. The van der Waals surface area contributed by atoms with Crippen LogP contribution in [0.3, 0.4) is 0 Å². The van der Waals surface area contributed by atoms with Gasteiger partial charge in [0.05, 0.1) is 18.0 Å². The Morgan fingerprint density at radius 3 is 2.50 bits per heavy atom. The van der Waals surface area contributed by atoms with Crippen LogP contribution in [0.2, 0.25) is 0 Å². The lowest BCUT2D eigenvalue weighted by Crippen LogP contribution is -2.48. The monoisotopic (exact) mass is 533 g/mol. The number of hydrogen-bond acceptors (Lipinski definition) is 6. The molecular formula is C28H31N5O4S. The molecular weight excluding hydrogens is 502 g/mol. The molecule has 0 spiro atoms. The average Bonchev–Trinajstić information content (AvgIpc) is 3.56. The number of nitrogens with zero attached hydrogens (tertiary/aromatic N) is 1. The van der Waals surface area contributed by atoms with Gasteiger partial charge in [-0.05, 0) is 46.5 Å². The van der Waals surface area contributed by atoms with E-state index in [1.165, 1.54) is 16.9 Å². The van der Waals surface area contributed by atoms with Gasteiger partial charge in [0.15, 0.2) is 0 Å². The Morgan fingerprint density at radius 2 is 1.79 bits per heavy atom. The number of nitrogens with one attached hydrogen (secondary N) is 3. The van der Waals surface area contributed by atoms with Gasteiger partial charge in [-0.15, -0.1) is 11.3 Å². The van der Waals surface area contributed by atoms with Gasteiger partial charge in [0.25, 0.3) is 0 Å². The number of nitrogens with two attached hydrogens (primary N) is 1. The van der Waals surface area contributed by atoms with Gasteiger partial charge in [0.2, 0.25) is 11.8 Å². The smallest absolute Gasteiger partial charge is 0.317 e. The summed E-state index contributed by atoms with van der Waals surface area (Å²) in [5.74, 6) is -1.70. The summed E-state index contributed by atoms with van der Waals surface area (Å²) in [6.07, 6.45) is 1.21. The summed E-state index contributed by atoms with van der Waals surface area (Å²) >= 11 is 1.34. The summed E-state index contributed by atoms with van der Waals surface area (Å²) in [4.78, 5) is 39.5. The van der Waals surface area contributed by atoms with E-state index in [1.807, 2.05) is 35.7 Å². The second-order valence-electron chi connectivity index (χ2n) is 9.30. The molecule has 0 radical (unpaired) electrons. The number of carboxylic acids is 1. The first kappa shape index (κ1) is 27.0. The van der Waals surface area contributed by atoms with E-state index in [0.717, 1.165) is 23.1 Å². The number of thiophene rings is 1. The molecule has 2 amide bonds. The first-order valence-corrected chi connectivity index (χ1v) is 13.2. The van der Waals surface area contributed by atoms with Crippen LogP contribution in [0.25, 0.3) is 0 Å². The van der Waals surface area contributed by atoms with Crippen LogP contribution < -0.4 is 16.4 Å². The van der Waals surface area contributed by atoms with Crippen LogP contribution in [0.1, 0.15) is 39.5 Å². The molecule has 2 atom stereocenters. The van der Waals surface area contributed by atoms with Crippen LogP contribution in [0.15, 0.2) is 66.0 Å². The molecule has 9 nitrogen and oxygen atoms in total. The van der Waals surface area contributed by atoms with Crippen molar-refractivity contribution in [2.75, 3.05) is 19.6 Å². The Morgan fingerprint density at radius 1 is 1.05 bits per heavy atom. The minimum Gasteiger partial charge on any atom is -0.480 e. The minimum atomic E-state index is -1.05. The van der Waals surface area contributed by atoms with Crippen molar-refractivity contribution in [2.24, 2.45) is 5.73 Å². The molecule has 1 aromatic heterocycles. The maximum absolute atomic E-state index is 13.3. The third-order valence-corrected chi connectivity index (χ3v) is 7.61. The van der Waals surface area contributed by atoms with Gasteiger partial charge in [-0.25, -0.2) is 0 Å². The van der Waals surface area contributed by atoms with Crippen molar-refractivity contribution in [3.8, 4) is 0 Å². The third-order valence-electron chi connectivity index (χ3n) is 6.59. The van der Waals surface area contributed by atoms with Crippen LogP contribution in [0, 0.1) is 5.41 Å². The van der Waals surface area contributed by atoms with Gasteiger partial charge in [-0.2, -0.15) is 0 Å². The molecule has 1 unspecified atom stereocenters. The first-order valence-electron chi connectivity index (χ1n) is 12.3. The predicted octanol–water partition coefficient (Wildman–Crippen LogP) is 2.30. The lowest BCUT2D eigenvalue weighted by molar-refractivity contribution is -0.138. The molecule has 0 bridgehead atoms. The molecule has 3 aromatic rings. The summed E-state index contributed by atoms with van der Waals surface area (Å²) in [5, 5.41) is 23.9. The fourth-order valence-electron chi connectivity index (χ4n) is 4.79. The zero-order valence-corrected chi connectivity index (χ0v) is 21.7. The molecule has 1 aliphatic heterocycles. The molecule has 6 N–H and O–H groups in total. The van der Waals surface area contributed by atoms with Crippen molar-refractivity contribution < 1.29 is 19.5 Å². The molecule has 2 heterocycles. The van der Waals surface area contributed by atoms with Crippen molar-refractivity contribution in [3.05, 3.63) is 93.2 Å². The molecule has 1 saturated heterocycles. The Kier molecular flexibility index (Phi) is 8.88. The second kappa shape index (κ2) is 12.5. The molecule has 38 heavy (non-hydrogen) atoms. The Bertz CT molecular complexity index is 1310. The van der Waals surface area contributed by atoms with E-state index in [-0.39, 0.29) is 43.2 Å². The largest absolute Gasteiger partial charge is 0.480 e. The minimum absolute atomic E-state index is 0.0222. The molecule has 198 valence electrons. The molecule has 0 aliphatic carbocycles. The number of carbonyl (C=O) groups excluding carboxylic acids is 2. The van der Waals surface area contributed by atoms with Gasteiger partial charge in [0.1, 0.15) is 11.9 Å². The number of nitrogen functional groups attached to an aromatic ring is 1. The van der Waals surface area contributed by atoms with Crippen LogP contribution in [0.4, 0.5) is 0 Å². The summed E-state index contributed by atoms with van der Waals surface area (Å²) in [7, 11) is 0. The van der Waals surface area contributed by atoms with E-state index >= 15 is 0 Å². The number of carboxylic acid groups (broad SMARTS) is 1. The summed E-state index contributed by atoms with van der Waals surface area (Å²) < 4.78 is 0. The second-order valence-corrected chi connectivity index (χ2v) is 10.2. The highest BCUT2D eigenvalue weighted by atomic mass is 32.1.